The number of amides is 1. The molecule has 4 aliphatic rings. The standard InChI is InChI=1S/C21H30N6O2/c1-29-5-3-22-18-17-12-26-27(19(17)25-13-24-18)4-2-23-20(28)21-9-14-6-15(10-21)8-16(7-14)11-21/h12-16H,2-11H2,1H3,(H,23,28)(H,22,24,25). The van der Waals surface area contributed by atoms with Crippen molar-refractivity contribution < 1.29 is 9.53 Å². The summed E-state index contributed by atoms with van der Waals surface area (Å²) in [5.41, 5.74) is 0.686. The minimum atomic E-state index is -0.0957. The maximum Gasteiger partial charge on any atom is 0.226 e. The minimum Gasteiger partial charge on any atom is -0.383 e. The van der Waals surface area contributed by atoms with Crippen LogP contribution in [0.2, 0.25) is 0 Å². The van der Waals surface area contributed by atoms with Gasteiger partial charge in [-0.1, -0.05) is 0 Å². The fourth-order valence-corrected chi connectivity index (χ4v) is 6.32. The molecule has 8 heteroatoms. The molecule has 0 atom stereocenters. The number of carbonyl (C=O) groups is 1. The summed E-state index contributed by atoms with van der Waals surface area (Å²) in [5, 5.41) is 11.8. The summed E-state index contributed by atoms with van der Waals surface area (Å²) in [6.07, 6.45) is 10.7. The van der Waals surface area contributed by atoms with Crippen LogP contribution in [0.15, 0.2) is 12.5 Å². The van der Waals surface area contributed by atoms with Crippen molar-refractivity contribution >= 4 is 22.8 Å². The molecule has 2 N–H and O–H groups in total. The largest absolute Gasteiger partial charge is 0.383 e. The van der Waals surface area contributed by atoms with Gasteiger partial charge in [-0.25, -0.2) is 14.6 Å². The molecule has 0 spiro atoms. The lowest BCUT2D eigenvalue weighted by atomic mass is 9.49. The van der Waals surface area contributed by atoms with E-state index in [1.165, 1.54) is 19.3 Å². The Balaban J connectivity index is 1.21. The molecule has 0 unspecified atom stereocenters. The van der Waals surface area contributed by atoms with Crippen molar-refractivity contribution in [1.82, 2.24) is 25.1 Å². The van der Waals surface area contributed by atoms with Crippen LogP contribution >= 0.6 is 0 Å². The van der Waals surface area contributed by atoms with Crippen LogP contribution in [-0.4, -0.2) is 52.5 Å². The molecule has 4 saturated carbocycles. The number of hydrogen-bond acceptors (Lipinski definition) is 6. The summed E-state index contributed by atoms with van der Waals surface area (Å²) < 4.78 is 6.92. The zero-order chi connectivity index (χ0) is 19.8. The molecule has 29 heavy (non-hydrogen) atoms. The molecular weight excluding hydrogens is 368 g/mol. The van der Waals surface area contributed by atoms with Crippen molar-refractivity contribution in [2.24, 2.45) is 23.2 Å². The number of hydrogen-bond donors (Lipinski definition) is 2. The molecule has 2 aromatic heterocycles. The van der Waals surface area contributed by atoms with Crippen LogP contribution in [-0.2, 0) is 16.1 Å². The van der Waals surface area contributed by atoms with Gasteiger partial charge in [-0.3, -0.25) is 4.79 Å². The van der Waals surface area contributed by atoms with E-state index in [-0.39, 0.29) is 11.3 Å². The van der Waals surface area contributed by atoms with Crippen molar-refractivity contribution in [1.29, 1.82) is 0 Å². The second-order valence-electron chi connectivity index (χ2n) is 9.20. The highest BCUT2D eigenvalue weighted by molar-refractivity contribution is 5.86. The van der Waals surface area contributed by atoms with Gasteiger partial charge in [0.15, 0.2) is 5.65 Å². The molecule has 156 valence electrons. The van der Waals surface area contributed by atoms with E-state index in [0.717, 1.165) is 53.9 Å². The van der Waals surface area contributed by atoms with Crippen LogP contribution in [0.3, 0.4) is 0 Å². The fourth-order valence-electron chi connectivity index (χ4n) is 6.32. The normalized spacial score (nSPS) is 30.0. The van der Waals surface area contributed by atoms with Gasteiger partial charge in [0.05, 0.1) is 24.7 Å². The minimum absolute atomic E-state index is 0.0957. The average molecular weight is 399 g/mol. The number of methoxy groups -OCH3 is 1. The number of nitrogens with one attached hydrogen (secondary N) is 2. The van der Waals surface area contributed by atoms with Crippen molar-refractivity contribution in [3.63, 3.8) is 0 Å². The highest BCUT2D eigenvalue weighted by atomic mass is 16.5. The number of fused-ring (bicyclic) bond motifs is 1. The Kier molecular flexibility index (Phi) is 4.89. The van der Waals surface area contributed by atoms with Crippen molar-refractivity contribution in [2.75, 3.05) is 32.1 Å². The SMILES string of the molecule is COCCNc1ncnc2c1cnn2CCNC(=O)C12CC3CC(CC(C3)C1)C2. The molecule has 1 amide bonds. The zero-order valence-corrected chi connectivity index (χ0v) is 17.1. The summed E-state index contributed by atoms with van der Waals surface area (Å²) in [6.45, 7) is 2.47. The quantitative estimate of drug-likeness (QED) is 0.662. The third kappa shape index (κ3) is 3.47. The van der Waals surface area contributed by atoms with Crippen LogP contribution in [0.1, 0.15) is 38.5 Å². The summed E-state index contributed by atoms with van der Waals surface area (Å²) in [6, 6.07) is 0. The van der Waals surface area contributed by atoms with Gasteiger partial charge >= 0.3 is 0 Å². The van der Waals surface area contributed by atoms with Gasteiger partial charge in [0.2, 0.25) is 5.91 Å². The number of rotatable bonds is 8. The van der Waals surface area contributed by atoms with Crippen LogP contribution in [0, 0.1) is 23.2 Å². The second-order valence-corrected chi connectivity index (χ2v) is 9.20. The van der Waals surface area contributed by atoms with Crippen LogP contribution < -0.4 is 10.6 Å². The Morgan fingerprint density at radius 1 is 1.17 bits per heavy atom. The monoisotopic (exact) mass is 398 g/mol. The molecule has 4 fully saturated rings. The second kappa shape index (κ2) is 7.55. The van der Waals surface area contributed by atoms with E-state index in [2.05, 4.69) is 25.7 Å². The highest BCUT2D eigenvalue weighted by Gasteiger charge is 2.54. The molecule has 0 aliphatic heterocycles. The number of aromatic nitrogens is 4. The Morgan fingerprint density at radius 3 is 2.59 bits per heavy atom. The van der Waals surface area contributed by atoms with Gasteiger partial charge in [0, 0.05) is 25.6 Å². The number of carbonyl (C=O) groups excluding carboxylic acids is 1. The van der Waals surface area contributed by atoms with Crippen molar-refractivity contribution in [3.05, 3.63) is 12.5 Å². The molecule has 4 bridgehead atoms. The van der Waals surface area contributed by atoms with Crippen LogP contribution in [0.25, 0.3) is 11.0 Å². The van der Waals surface area contributed by atoms with Crippen molar-refractivity contribution in [3.8, 4) is 0 Å². The van der Waals surface area contributed by atoms with Crippen molar-refractivity contribution in [2.45, 2.75) is 45.1 Å². The van der Waals surface area contributed by atoms with Gasteiger partial charge in [0.1, 0.15) is 12.1 Å². The lowest BCUT2D eigenvalue weighted by Gasteiger charge is -2.55. The maximum absolute atomic E-state index is 13.1. The Labute approximate surface area is 170 Å². The third-order valence-corrected chi connectivity index (χ3v) is 7.16. The number of nitrogens with zero attached hydrogens (tertiary/aromatic N) is 4. The molecule has 0 radical (unpaired) electrons. The maximum atomic E-state index is 13.1. The van der Waals surface area contributed by atoms with E-state index in [9.17, 15) is 4.79 Å². The zero-order valence-electron chi connectivity index (χ0n) is 17.1. The average Bonchev–Trinajstić information content (AvgIpc) is 3.11. The smallest absolute Gasteiger partial charge is 0.226 e. The third-order valence-electron chi connectivity index (χ3n) is 7.16. The lowest BCUT2D eigenvalue weighted by Crippen LogP contribution is -2.53. The van der Waals surface area contributed by atoms with E-state index in [1.54, 1.807) is 19.6 Å². The van der Waals surface area contributed by atoms with E-state index in [0.29, 0.717) is 26.2 Å². The summed E-state index contributed by atoms with van der Waals surface area (Å²) in [4.78, 5) is 21.8. The number of ether oxygens (including phenoxy) is 1. The Bertz CT molecular complexity index is 859. The van der Waals surface area contributed by atoms with Gasteiger partial charge in [-0.2, -0.15) is 5.10 Å². The molecule has 0 saturated heterocycles. The summed E-state index contributed by atoms with van der Waals surface area (Å²) in [7, 11) is 1.67. The first-order valence-electron chi connectivity index (χ1n) is 10.8. The first-order valence-corrected chi connectivity index (χ1v) is 10.8. The van der Waals surface area contributed by atoms with Crippen LogP contribution in [0.4, 0.5) is 5.82 Å². The van der Waals surface area contributed by atoms with Gasteiger partial charge < -0.3 is 15.4 Å². The van der Waals surface area contributed by atoms with Gasteiger partial charge in [-0.05, 0) is 56.3 Å². The predicted octanol–water partition coefficient (Wildman–Crippen LogP) is 2.22. The van der Waals surface area contributed by atoms with E-state index < -0.39 is 0 Å². The van der Waals surface area contributed by atoms with Gasteiger partial charge in [-0.15, -0.1) is 0 Å². The van der Waals surface area contributed by atoms with Gasteiger partial charge in [0.25, 0.3) is 0 Å². The highest BCUT2D eigenvalue weighted by Crippen LogP contribution is 2.60. The Hall–Kier alpha value is -2.22. The molecule has 2 heterocycles. The lowest BCUT2D eigenvalue weighted by molar-refractivity contribution is -0.146. The molecule has 8 nitrogen and oxygen atoms in total. The molecule has 2 aromatic rings. The fraction of sp³-hybridized carbons (Fsp3) is 0.714. The first-order chi connectivity index (χ1) is 14.2. The summed E-state index contributed by atoms with van der Waals surface area (Å²) in [5.74, 6) is 3.37. The predicted molar refractivity (Wildman–Crippen MR) is 109 cm³/mol. The first kappa shape index (κ1) is 18.8. The van der Waals surface area contributed by atoms with E-state index in [4.69, 9.17) is 4.74 Å². The van der Waals surface area contributed by atoms with E-state index in [1.807, 2.05) is 4.68 Å². The molecule has 6 rings (SSSR count). The molecule has 4 aliphatic carbocycles. The topological polar surface area (TPSA) is 94.0 Å². The molecular formula is C21H30N6O2. The molecule has 0 aromatic carbocycles. The summed E-state index contributed by atoms with van der Waals surface area (Å²) >= 11 is 0. The number of anilines is 1. The van der Waals surface area contributed by atoms with Crippen LogP contribution in [0.5, 0.6) is 0 Å². The van der Waals surface area contributed by atoms with E-state index >= 15 is 0 Å². The Morgan fingerprint density at radius 2 is 1.90 bits per heavy atom.